The number of hydrogen-bond donors (Lipinski definition) is 0. The molecule has 1 aliphatic rings. The first-order chi connectivity index (χ1) is 13.1. The van der Waals surface area contributed by atoms with Crippen LogP contribution in [0.1, 0.15) is 36.7 Å². The van der Waals surface area contributed by atoms with Gasteiger partial charge in [0, 0.05) is 0 Å². The van der Waals surface area contributed by atoms with Crippen LogP contribution in [-0.4, -0.2) is 17.9 Å². The Labute approximate surface area is 165 Å². The summed E-state index contributed by atoms with van der Waals surface area (Å²) in [6, 6.07) is 0. The molecule has 0 bridgehead atoms. The fourth-order valence-corrected chi connectivity index (χ4v) is 3.17. The first-order valence-corrected chi connectivity index (χ1v) is 8.47. The van der Waals surface area contributed by atoms with Crippen molar-refractivity contribution in [2.24, 2.45) is 17.3 Å². The standard InChI is InChI=1S/C18H14ClF7O3/c1-6(27)10-14(22)12(20)7(13(21)15(10)23)5-29-16(28)11-8(17(11,2)3)4-9(19)18(24,25)26/h4,8,11H,5H2,1-3H3. The van der Waals surface area contributed by atoms with E-state index in [9.17, 15) is 40.3 Å². The van der Waals surface area contributed by atoms with Crippen LogP contribution in [0.25, 0.3) is 0 Å². The maximum absolute atomic E-state index is 14.0. The van der Waals surface area contributed by atoms with Crippen molar-refractivity contribution in [3.63, 3.8) is 0 Å². The minimum Gasteiger partial charge on any atom is -0.460 e. The molecule has 0 spiro atoms. The second-order valence-electron chi connectivity index (χ2n) is 7.11. The largest absolute Gasteiger partial charge is 0.460 e. The molecular weight excluding hydrogens is 433 g/mol. The van der Waals surface area contributed by atoms with Gasteiger partial charge in [0.15, 0.2) is 29.1 Å². The van der Waals surface area contributed by atoms with E-state index in [2.05, 4.69) is 4.74 Å². The fourth-order valence-electron chi connectivity index (χ4n) is 3.04. The van der Waals surface area contributed by atoms with Crippen LogP contribution < -0.4 is 0 Å². The molecule has 1 aromatic rings. The van der Waals surface area contributed by atoms with Gasteiger partial charge in [-0.3, -0.25) is 9.59 Å². The first-order valence-electron chi connectivity index (χ1n) is 8.09. The molecular formula is C18H14ClF7O3. The molecule has 2 unspecified atom stereocenters. The minimum atomic E-state index is -4.81. The molecule has 0 saturated heterocycles. The summed E-state index contributed by atoms with van der Waals surface area (Å²) in [5, 5.41) is -1.44. The second-order valence-corrected chi connectivity index (χ2v) is 7.52. The van der Waals surface area contributed by atoms with Gasteiger partial charge in [0.2, 0.25) is 0 Å². The predicted octanol–water partition coefficient (Wildman–Crippen LogP) is 5.45. The first kappa shape index (κ1) is 23.2. The van der Waals surface area contributed by atoms with E-state index in [0.29, 0.717) is 13.0 Å². The van der Waals surface area contributed by atoms with Crippen LogP contribution >= 0.6 is 11.6 Å². The van der Waals surface area contributed by atoms with Crippen LogP contribution in [0.3, 0.4) is 0 Å². The Balaban J connectivity index is 2.21. The molecule has 2 rings (SSSR count). The lowest BCUT2D eigenvalue weighted by atomic mass is 10.1. The number of hydrogen-bond acceptors (Lipinski definition) is 3. The molecule has 1 fully saturated rings. The number of benzene rings is 1. The molecule has 1 aromatic carbocycles. The van der Waals surface area contributed by atoms with E-state index >= 15 is 0 Å². The Bertz CT molecular complexity index is 877. The molecule has 0 amide bonds. The maximum Gasteiger partial charge on any atom is 0.426 e. The minimum absolute atomic E-state index is 0.635. The number of carbonyl (C=O) groups is 2. The lowest BCUT2D eigenvalue weighted by Crippen LogP contribution is -2.16. The molecule has 3 nitrogen and oxygen atoms in total. The van der Waals surface area contributed by atoms with Gasteiger partial charge >= 0.3 is 12.1 Å². The summed E-state index contributed by atoms with van der Waals surface area (Å²) in [5.41, 5.74) is -3.67. The smallest absolute Gasteiger partial charge is 0.426 e. The number of Topliss-reactive ketones (excluding diaryl/α,β-unsaturated/α-hetero) is 1. The van der Waals surface area contributed by atoms with Crippen LogP contribution in [0, 0.1) is 40.5 Å². The Kier molecular flexibility index (Phi) is 6.09. The zero-order chi connectivity index (χ0) is 22.5. The van der Waals surface area contributed by atoms with Crippen LogP contribution in [0.15, 0.2) is 11.1 Å². The summed E-state index contributed by atoms with van der Waals surface area (Å²) in [7, 11) is 0. The number of esters is 1. The number of ketones is 1. The van der Waals surface area contributed by atoms with E-state index in [1.165, 1.54) is 13.8 Å². The van der Waals surface area contributed by atoms with E-state index in [1.807, 2.05) is 0 Å². The highest BCUT2D eigenvalue weighted by atomic mass is 35.5. The Hall–Kier alpha value is -2.10. The number of halogens is 8. The van der Waals surface area contributed by atoms with Gasteiger partial charge in [-0.15, -0.1) is 0 Å². The number of allylic oxidation sites excluding steroid dienone is 2. The second kappa shape index (κ2) is 7.62. The van der Waals surface area contributed by atoms with Crippen LogP contribution in [-0.2, 0) is 16.1 Å². The van der Waals surface area contributed by atoms with Gasteiger partial charge in [-0.2, -0.15) is 13.2 Å². The van der Waals surface area contributed by atoms with Gasteiger partial charge in [0.1, 0.15) is 11.6 Å². The predicted molar refractivity (Wildman–Crippen MR) is 86.8 cm³/mol. The van der Waals surface area contributed by atoms with Gasteiger partial charge in [-0.05, 0) is 18.3 Å². The van der Waals surface area contributed by atoms with Crippen molar-refractivity contribution in [2.45, 2.75) is 33.6 Å². The topological polar surface area (TPSA) is 43.4 Å². The SMILES string of the molecule is CC(=O)c1c(F)c(F)c(COC(=O)C2C(C=C(Cl)C(F)(F)F)C2(C)C)c(F)c1F. The molecule has 1 saturated carbocycles. The average Bonchev–Trinajstić information content (AvgIpc) is 3.12. The maximum atomic E-state index is 14.0. The fraction of sp³-hybridized carbons (Fsp3) is 0.444. The molecule has 0 N–H and O–H groups in total. The van der Waals surface area contributed by atoms with E-state index in [4.69, 9.17) is 11.6 Å². The molecule has 160 valence electrons. The van der Waals surface area contributed by atoms with Gasteiger partial charge in [-0.1, -0.05) is 31.5 Å². The Morgan fingerprint density at radius 2 is 1.55 bits per heavy atom. The molecule has 2 atom stereocenters. The zero-order valence-electron chi connectivity index (χ0n) is 15.2. The summed E-state index contributed by atoms with van der Waals surface area (Å²) in [6.07, 6.45) is -4.18. The average molecular weight is 447 g/mol. The molecule has 0 radical (unpaired) electrons. The molecule has 0 heterocycles. The summed E-state index contributed by atoms with van der Waals surface area (Å²) >= 11 is 5.15. The Morgan fingerprint density at radius 3 is 1.97 bits per heavy atom. The van der Waals surface area contributed by atoms with Crippen LogP contribution in [0.5, 0.6) is 0 Å². The quantitative estimate of drug-likeness (QED) is 0.261. The van der Waals surface area contributed by atoms with Gasteiger partial charge in [0.05, 0.1) is 17.0 Å². The highest BCUT2D eigenvalue weighted by Gasteiger charge is 2.62. The monoisotopic (exact) mass is 446 g/mol. The van der Waals surface area contributed by atoms with Crippen molar-refractivity contribution in [2.75, 3.05) is 0 Å². The molecule has 29 heavy (non-hydrogen) atoms. The van der Waals surface area contributed by atoms with Gasteiger partial charge in [-0.25, -0.2) is 17.6 Å². The highest BCUT2D eigenvalue weighted by molar-refractivity contribution is 6.30. The summed E-state index contributed by atoms with van der Waals surface area (Å²) in [4.78, 5) is 23.3. The normalized spacial score (nSPS) is 21.1. The van der Waals surface area contributed by atoms with Crippen molar-refractivity contribution in [3.05, 3.63) is 45.5 Å². The highest BCUT2D eigenvalue weighted by Crippen LogP contribution is 2.60. The Morgan fingerprint density at radius 1 is 1.07 bits per heavy atom. The van der Waals surface area contributed by atoms with E-state index in [1.54, 1.807) is 0 Å². The third-order valence-electron chi connectivity index (χ3n) is 4.83. The van der Waals surface area contributed by atoms with Gasteiger partial charge in [0.25, 0.3) is 0 Å². The molecule has 0 aliphatic heterocycles. The van der Waals surface area contributed by atoms with Crippen molar-refractivity contribution in [1.29, 1.82) is 0 Å². The number of rotatable bonds is 5. The summed E-state index contributed by atoms with van der Waals surface area (Å²) in [5.74, 6) is -12.2. The lowest BCUT2D eigenvalue weighted by Gasteiger charge is -2.11. The number of ether oxygens (including phenoxy) is 1. The van der Waals surface area contributed by atoms with Crippen molar-refractivity contribution >= 4 is 23.4 Å². The third kappa shape index (κ3) is 4.26. The zero-order valence-corrected chi connectivity index (χ0v) is 15.9. The van der Waals surface area contributed by atoms with Gasteiger partial charge < -0.3 is 4.74 Å². The molecule has 11 heteroatoms. The van der Waals surface area contributed by atoms with Crippen molar-refractivity contribution in [3.8, 4) is 0 Å². The number of carbonyl (C=O) groups excluding carboxylic acids is 2. The number of alkyl halides is 3. The molecule has 0 aromatic heterocycles. The summed E-state index contributed by atoms with van der Waals surface area (Å²) < 4.78 is 97.9. The van der Waals surface area contributed by atoms with Crippen molar-refractivity contribution < 1.29 is 45.1 Å². The van der Waals surface area contributed by atoms with Crippen LogP contribution in [0.2, 0.25) is 0 Å². The molecule has 1 aliphatic carbocycles. The van der Waals surface area contributed by atoms with Crippen molar-refractivity contribution in [1.82, 2.24) is 0 Å². The lowest BCUT2D eigenvalue weighted by molar-refractivity contribution is -0.147. The third-order valence-corrected chi connectivity index (χ3v) is 5.17. The van der Waals surface area contributed by atoms with E-state index < -0.39 is 81.2 Å². The van der Waals surface area contributed by atoms with Crippen LogP contribution in [0.4, 0.5) is 30.7 Å². The van der Waals surface area contributed by atoms with E-state index in [-0.39, 0.29) is 0 Å². The van der Waals surface area contributed by atoms with E-state index in [0.717, 1.165) is 0 Å². The summed E-state index contributed by atoms with van der Waals surface area (Å²) in [6.45, 7) is 2.37.